The number of esters is 2. The first kappa shape index (κ1) is 64.2. The van der Waals surface area contributed by atoms with Crippen molar-refractivity contribution in [2.45, 2.75) is 225 Å². The van der Waals surface area contributed by atoms with Crippen LogP contribution in [-0.4, -0.2) is 80.6 Å². The van der Waals surface area contributed by atoms with E-state index >= 15 is 0 Å². The predicted molar refractivity (Wildman–Crippen MR) is 289 cm³/mol. The molecule has 0 aromatic carbocycles. The van der Waals surface area contributed by atoms with E-state index in [-0.39, 0.29) is 36.2 Å². The van der Waals surface area contributed by atoms with E-state index in [1.54, 1.807) is 0 Å². The Morgan fingerprint density at radius 2 is 0.779 bits per heavy atom. The van der Waals surface area contributed by atoms with Gasteiger partial charge in [0.05, 0.1) is 34.4 Å². The standard InChI is InChI=1S/C60H101NO7/c1-6-8-10-12-14-16-18-20-22-24-26-28-29-31-33-35-37-39-41-43-45-47-49-51-59(63)68-56(54-66-53-52-57(60(64)65)61(3,4)5)55-67-58(62)50-48-46-44-42-40-38-36-34-32-30-27-25-23-21-19-17-15-13-11-9-7-2/h8-11,14-17,20-23,26-28,30,56-57H,6-7,12-13,18-19,24-25,29,31-55H2,1-5H3/p+1/b10-8-,11-9-,16-14-,17-15-,22-20-,23-21-,28-26-,30-27-. The molecule has 0 aromatic heterocycles. The molecule has 0 saturated heterocycles. The molecule has 0 saturated carbocycles. The number of aliphatic carboxylic acids is 1. The average Bonchev–Trinajstić information content (AvgIpc) is 3.30. The fourth-order valence-corrected chi connectivity index (χ4v) is 7.60. The van der Waals surface area contributed by atoms with Crippen molar-refractivity contribution in [3.05, 3.63) is 97.2 Å². The largest absolute Gasteiger partial charge is 0.477 e. The minimum Gasteiger partial charge on any atom is -0.477 e. The number of quaternary nitrogens is 1. The summed E-state index contributed by atoms with van der Waals surface area (Å²) in [5.74, 6) is -1.49. The highest BCUT2D eigenvalue weighted by molar-refractivity contribution is 5.72. The minimum atomic E-state index is -0.879. The Morgan fingerprint density at radius 1 is 0.441 bits per heavy atom. The quantitative estimate of drug-likeness (QED) is 0.0281. The Balaban J connectivity index is 4.24. The normalized spacial score (nSPS) is 13.6. The van der Waals surface area contributed by atoms with Gasteiger partial charge in [0, 0.05) is 19.3 Å². The van der Waals surface area contributed by atoms with Crippen LogP contribution < -0.4 is 0 Å². The van der Waals surface area contributed by atoms with Crippen molar-refractivity contribution in [3.63, 3.8) is 0 Å². The van der Waals surface area contributed by atoms with E-state index in [1.165, 1.54) is 83.5 Å². The Hall–Kier alpha value is -3.75. The van der Waals surface area contributed by atoms with Gasteiger partial charge in [-0.1, -0.05) is 201 Å². The Bertz CT molecular complexity index is 1430. The highest BCUT2D eigenvalue weighted by atomic mass is 16.6. The molecule has 0 rings (SSSR count). The lowest BCUT2D eigenvalue weighted by atomic mass is 10.0. The number of carbonyl (C=O) groups is 3. The highest BCUT2D eigenvalue weighted by Crippen LogP contribution is 2.15. The minimum absolute atomic E-state index is 0.0520. The number of nitrogens with zero attached hydrogens (tertiary/aromatic N) is 1. The van der Waals surface area contributed by atoms with E-state index in [4.69, 9.17) is 14.2 Å². The second kappa shape index (κ2) is 49.7. The third-order valence-electron chi connectivity index (χ3n) is 11.7. The lowest BCUT2D eigenvalue weighted by molar-refractivity contribution is -0.887. The summed E-state index contributed by atoms with van der Waals surface area (Å²) >= 11 is 0. The summed E-state index contributed by atoms with van der Waals surface area (Å²) in [5.41, 5.74) is 0. The Morgan fingerprint density at radius 3 is 1.15 bits per heavy atom. The summed E-state index contributed by atoms with van der Waals surface area (Å²) in [6.45, 7) is 4.51. The van der Waals surface area contributed by atoms with Gasteiger partial charge in [-0.25, -0.2) is 4.79 Å². The number of carboxylic acid groups (broad SMARTS) is 1. The maximum absolute atomic E-state index is 12.8. The molecule has 2 unspecified atom stereocenters. The van der Waals surface area contributed by atoms with Gasteiger partial charge in [0.25, 0.3) is 0 Å². The maximum Gasteiger partial charge on any atom is 0.362 e. The molecular formula is C60H102NO7+. The molecule has 0 amide bonds. The van der Waals surface area contributed by atoms with Crippen LogP contribution in [0, 0.1) is 0 Å². The van der Waals surface area contributed by atoms with Gasteiger partial charge in [0.1, 0.15) is 6.61 Å². The monoisotopic (exact) mass is 949 g/mol. The van der Waals surface area contributed by atoms with Crippen LogP contribution in [0.5, 0.6) is 0 Å². The van der Waals surface area contributed by atoms with Crippen LogP contribution in [-0.2, 0) is 28.6 Å². The molecule has 68 heavy (non-hydrogen) atoms. The molecule has 0 aliphatic rings. The molecule has 8 heteroatoms. The fourth-order valence-electron chi connectivity index (χ4n) is 7.60. The van der Waals surface area contributed by atoms with Gasteiger partial charge in [-0.2, -0.15) is 0 Å². The molecule has 1 N–H and O–H groups in total. The molecule has 0 aliphatic carbocycles. The molecule has 0 heterocycles. The number of hydrogen-bond donors (Lipinski definition) is 1. The van der Waals surface area contributed by atoms with Crippen LogP contribution in [0.3, 0.4) is 0 Å². The summed E-state index contributed by atoms with van der Waals surface area (Å²) in [6.07, 6.45) is 67.4. The number of carbonyl (C=O) groups excluding carboxylic acids is 2. The van der Waals surface area contributed by atoms with Crippen LogP contribution in [0.2, 0.25) is 0 Å². The number of rotatable bonds is 48. The predicted octanol–water partition coefficient (Wildman–Crippen LogP) is 16.2. The molecular weight excluding hydrogens is 847 g/mol. The van der Waals surface area contributed by atoms with E-state index in [0.29, 0.717) is 19.3 Å². The van der Waals surface area contributed by atoms with Crippen LogP contribution in [0.1, 0.15) is 213 Å². The van der Waals surface area contributed by atoms with Gasteiger partial charge < -0.3 is 23.8 Å². The van der Waals surface area contributed by atoms with Gasteiger partial charge in [-0.05, 0) is 89.9 Å². The van der Waals surface area contributed by atoms with Gasteiger partial charge in [-0.15, -0.1) is 0 Å². The average molecular weight is 949 g/mol. The third kappa shape index (κ3) is 47.3. The first-order valence-corrected chi connectivity index (χ1v) is 27.3. The number of carboxylic acids is 1. The molecule has 0 spiro atoms. The first-order valence-electron chi connectivity index (χ1n) is 27.3. The van der Waals surface area contributed by atoms with E-state index < -0.39 is 18.1 Å². The first-order chi connectivity index (χ1) is 33.1. The molecule has 388 valence electrons. The smallest absolute Gasteiger partial charge is 0.362 e. The zero-order valence-electron chi connectivity index (χ0n) is 44.3. The van der Waals surface area contributed by atoms with Gasteiger partial charge in [0.2, 0.25) is 0 Å². The molecule has 0 fully saturated rings. The van der Waals surface area contributed by atoms with Gasteiger partial charge in [-0.3, -0.25) is 9.59 Å². The molecule has 0 bridgehead atoms. The number of unbranched alkanes of at least 4 members (excludes halogenated alkanes) is 18. The SMILES string of the molecule is CC/C=C\C/C=C\C/C=C\C/C=C\CCCCCCCCCCCCC(=O)OC(COCCC(C(=O)O)[N+](C)(C)C)COC(=O)CCCCCCCCCC/C=C\C/C=C\C/C=C\C/C=C\CC. The van der Waals surface area contributed by atoms with Crippen molar-refractivity contribution in [2.24, 2.45) is 0 Å². The lowest BCUT2D eigenvalue weighted by Crippen LogP contribution is -2.50. The van der Waals surface area contributed by atoms with Crippen molar-refractivity contribution in [1.82, 2.24) is 0 Å². The second-order valence-corrected chi connectivity index (χ2v) is 19.1. The Kier molecular flexibility index (Phi) is 46.9. The van der Waals surface area contributed by atoms with Crippen molar-refractivity contribution in [2.75, 3.05) is 41.0 Å². The number of allylic oxidation sites excluding steroid dienone is 16. The number of likely N-dealkylation sites (N-methyl/N-ethyl adjacent to an activating group) is 1. The van der Waals surface area contributed by atoms with Gasteiger partial charge >= 0.3 is 17.9 Å². The number of ether oxygens (including phenoxy) is 3. The van der Waals surface area contributed by atoms with Crippen LogP contribution in [0.15, 0.2) is 97.2 Å². The van der Waals surface area contributed by atoms with Crippen LogP contribution >= 0.6 is 0 Å². The summed E-state index contributed by atoms with van der Waals surface area (Å²) in [6, 6.07) is -0.623. The zero-order chi connectivity index (χ0) is 49.9. The topological polar surface area (TPSA) is 99.1 Å². The fraction of sp³-hybridized carbons (Fsp3) is 0.683. The Labute approximate surface area is 417 Å². The van der Waals surface area contributed by atoms with Gasteiger partial charge in [0.15, 0.2) is 12.1 Å². The van der Waals surface area contributed by atoms with Crippen LogP contribution in [0.25, 0.3) is 0 Å². The van der Waals surface area contributed by atoms with E-state index in [1.807, 2.05) is 21.1 Å². The van der Waals surface area contributed by atoms with Crippen molar-refractivity contribution < 1.29 is 38.2 Å². The van der Waals surface area contributed by atoms with Crippen molar-refractivity contribution in [3.8, 4) is 0 Å². The highest BCUT2D eigenvalue weighted by Gasteiger charge is 2.31. The summed E-state index contributed by atoms with van der Waals surface area (Å²) in [4.78, 5) is 37.3. The second-order valence-electron chi connectivity index (χ2n) is 19.1. The zero-order valence-corrected chi connectivity index (χ0v) is 44.3. The van der Waals surface area contributed by atoms with Crippen LogP contribution in [0.4, 0.5) is 0 Å². The van der Waals surface area contributed by atoms with E-state index in [2.05, 4.69) is 111 Å². The van der Waals surface area contributed by atoms with Crippen molar-refractivity contribution >= 4 is 17.9 Å². The van der Waals surface area contributed by atoms with Crippen molar-refractivity contribution in [1.29, 1.82) is 0 Å². The molecule has 0 aromatic rings. The summed E-state index contributed by atoms with van der Waals surface area (Å²) in [5, 5.41) is 9.67. The third-order valence-corrected chi connectivity index (χ3v) is 11.7. The van der Waals surface area contributed by atoms with E-state index in [9.17, 15) is 19.5 Å². The van der Waals surface area contributed by atoms with E-state index in [0.717, 1.165) is 96.3 Å². The molecule has 0 aliphatic heterocycles. The number of hydrogen-bond acceptors (Lipinski definition) is 6. The summed E-state index contributed by atoms with van der Waals surface area (Å²) in [7, 11) is 5.53. The maximum atomic E-state index is 12.8. The summed E-state index contributed by atoms with van der Waals surface area (Å²) < 4.78 is 17.4. The molecule has 8 nitrogen and oxygen atoms in total. The lowest BCUT2D eigenvalue weighted by Gasteiger charge is -2.31. The molecule has 0 radical (unpaired) electrons. The molecule has 2 atom stereocenters.